The lowest BCUT2D eigenvalue weighted by Crippen LogP contribution is -2.38. The fourth-order valence-electron chi connectivity index (χ4n) is 1.77. The molecule has 0 amide bonds. The summed E-state index contributed by atoms with van der Waals surface area (Å²) in [5, 5.41) is 6.63. The second kappa shape index (κ2) is 7.02. The Labute approximate surface area is 115 Å². The first-order valence-electron chi connectivity index (χ1n) is 7.02. The molecular formula is C15H23N3O. The third-order valence-corrected chi connectivity index (χ3v) is 2.88. The van der Waals surface area contributed by atoms with Gasteiger partial charge in [-0.2, -0.15) is 0 Å². The van der Waals surface area contributed by atoms with Crippen LogP contribution in [0.2, 0.25) is 0 Å². The molecule has 104 valence electrons. The quantitative estimate of drug-likeness (QED) is 0.468. The zero-order valence-corrected chi connectivity index (χ0v) is 11.8. The van der Waals surface area contributed by atoms with E-state index in [0.29, 0.717) is 19.2 Å². The zero-order chi connectivity index (χ0) is 13.5. The number of aliphatic imine (C=N–C) groups is 1. The normalized spacial score (nSPS) is 15.2. The lowest BCUT2D eigenvalue weighted by atomic mass is 10.2. The minimum atomic E-state index is 0.602. The first kappa shape index (κ1) is 13.7. The topological polar surface area (TPSA) is 45.7 Å². The predicted molar refractivity (Wildman–Crippen MR) is 78.8 cm³/mol. The third kappa shape index (κ3) is 5.20. The van der Waals surface area contributed by atoms with Gasteiger partial charge in [-0.15, -0.1) is 0 Å². The van der Waals surface area contributed by atoms with Crippen molar-refractivity contribution in [1.82, 2.24) is 10.6 Å². The maximum Gasteiger partial charge on any atom is 0.191 e. The van der Waals surface area contributed by atoms with Crippen LogP contribution >= 0.6 is 0 Å². The standard InChI is InChI=1S/C15H23N3O/c1-3-16-15(18-13-7-8-13)17-9-10-19-14-6-4-5-12(2)11-14/h4-6,11,13H,3,7-10H2,1-2H3,(H2,16,17,18). The Balaban J connectivity index is 1.73. The highest BCUT2D eigenvalue weighted by Crippen LogP contribution is 2.18. The van der Waals surface area contributed by atoms with Crippen LogP contribution in [0.5, 0.6) is 5.75 Å². The molecule has 1 fully saturated rings. The van der Waals surface area contributed by atoms with E-state index in [0.717, 1.165) is 18.3 Å². The zero-order valence-electron chi connectivity index (χ0n) is 11.8. The fourth-order valence-corrected chi connectivity index (χ4v) is 1.77. The van der Waals surface area contributed by atoms with Gasteiger partial charge in [-0.3, -0.25) is 0 Å². The van der Waals surface area contributed by atoms with Crippen LogP contribution in [0.15, 0.2) is 29.3 Å². The van der Waals surface area contributed by atoms with E-state index in [-0.39, 0.29) is 0 Å². The average molecular weight is 261 g/mol. The van der Waals surface area contributed by atoms with Gasteiger partial charge in [0.25, 0.3) is 0 Å². The Bertz CT molecular complexity index is 427. The SMILES string of the molecule is CCNC(=NCCOc1cccc(C)c1)NC1CC1. The summed E-state index contributed by atoms with van der Waals surface area (Å²) in [7, 11) is 0. The van der Waals surface area contributed by atoms with E-state index in [1.165, 1.54) is 18.4 Å². The molecule has 1 aromatic rings. The van der Waals surface area contributed by atoms with Crippen LogP contribution in [0.3, 0.4) is 0 Å². The summed E-state index contributed by atoms with van der Waals surface area (Å²) in [5.41, 5.74) is 1.21. The summed E-state index contributed by atoms with van der Waals surface area (Å²) in [4.78, 5) is 4.50. The number of hydrogen-bond acceptors (Lipinski definition) is 2. The van der Waals surface area contributed by atoms with Gasteiger partial charge in [0.15, 0.2) is 5.96 Å². The molecule has 2 N–H and O–H groups in total. The first-order chi connectivity index (χ1) is 9.28. The van der Waals surface area contributed by atoms with Crippen molar-refractivity contribution in [2.75, 3.05) is 19.7 Å². The van der Waals surface area contributed by atoms with Gasteiger partial charge in [-0.1, -0.05) is 12.1 Å². The van der Waals surface area contributed by atoms with E-state index in [2.05, 4.69) is 35.5 Å². The number of guanidine groups is 1. The molecule has 0 heterocycles. The lowest BCUT2D eigenvalue weighted by molar-refractivity contribution is 0.328. The Morgan fingerprint density at radius 3 is 2.95 bits per heavy atom. The number of nitrogens with zero attached hydrogens (tertiary/aromatic N) is 1. The number of hydrogen-bond donors (Lipinski definition) is 2. The van der Waals surface area contributed by atoms with Gasteiger partial charge in [0.2, 0.25) is 0 Å². The number of benzene rings is 1. The van der Waals surface area contributed by atoms with E-state index >= 15 is 0 Å². The van der Waals surface area contributed by atoms with Gasteiger partial charge in [0, 0.05) is 12.6 Å². The van der Waals surface area contributed by atoms with Crippen molar-refractivity contribution in [2.24, 2.45) is 4.99 Å². The molecule has 1 aliphatic carbocycles. The average Bonchev–Trinajstić information content (AvgIpc) is 3.19. The van der Waals surface area contributed by atoms with E-state index in [4.69, 9.17) is 4.74 Å². The largest absolute Gasteiger partial charge is 0.492 e. The summed E-state index contributed by atoms with van der Waals surface area (Å²) < 4.78 is 5.67. The molecule has 0 saturated heterocycles. The van der Waals surface area contributed by atoms with Crippen LogP contribution < -0.4 is 15.4 Å². The van der Waals surface area contributed by atoms with E-state index in [9.17, 15) is 0 Å². The van der Waals surface area contributed by atoms with Gasteiger partial charge >= 0.3 is 0 Å². The number of aryl methyl sites for hydroxylation is 1. The van der Waals surface area contributed by atoms with Crippen molar-refractivity contribution >= 4 is 5.96 Å². The minimum Gasteiger partial charge on any atom is -0.492 e. The summed E-state index contributed by atoms with van der Waals surface area (Å²) >= 11 is 0. The van der Waals surface area contributed by atoms with Crippen molar-refractivity contribution in [3.8, 4) is 5.75 Å². The lowest BCUT2D eigenvalue weighted by Gasteiger charge is -2.10. The van der Waals surface area contributed by atoms with E-state index in [1.54, 1.807) is 0 Å². The van der Waals surface area contributed by atoms with Crippen molar-refractivity contribution in [1.29, 1.82) is 0 Å². The summed E-state index contributed by atoms with van der Waals surface area (Å²) in [6.07, 6.45) is 2.51. The van der Waals surface area contributed by atoms with Gasteiger partial charge in [0.1, 0.15) is 12.4 Å². The van der Waals surface area contributed by atoms with Gasteiger partial charge in [-0.25, -0.2) is 4.99 Å². The predicted octanol–water partition coefficient (Wildman–Crippen LogP) is 2.09. The molecule has 0 unspecified atom stereocenters. The molecule has 1 saturated carbocycles. The molecule has 0 spiro atoms. The van der Waals surface area contributed by atoms with E-state index in [1.807, 2.05) is 18.2 Å². The highest BCUT2D eigenvalue weighted by Gasteiger charge is 2.21. The molecular weight excluding hydrogens is 238 g/mol. The third-order valence-electron chi connectivity index (χ3n) is 2.88. The minimum absolute atomic E-state index is 0.602. The maximum atomic E-state index is 5.67. The highest BCUT2D eigenvalue weighted by molar-refractivity contribution is 5.80. The molecule has 4 nitrogen and oxygen atoms in total. The van der Waals surface area contributed by atoms with Crippen LogP contribution in [0, 0.1) is 6.92 Å². The van der Waals surface area contributed by atoms with Crippen molar-refractivity contribution in [3.63, 3.8) is 0 Å². The molecule has 0 bridgehead atoms. The molecule has 0 aliphatic heterocycles. The summed E-state index contributed by atoms with van der Waals surface area (Å²) in [6.45, 7) is 6.29. The molecule has 0 radical (unpaired) electrons. The molecule has 19 heavy (non-hydrogen) atoms. The Morgan fingerprint density at radius 2 is 2.26 bits per heavy atom. The van der Waals surface area contributed by atoms with Gasteiger partial charge < -0.3 is 15.4 Å². The van der Waals surface area contributed by atoms with Crippen LogP contribution in [-0.2, 0) is 0 Å². The van der Waals surface area contributed by atoms with Crippen LogP contribution in [0.4, 0.5) is 0 Å². The fraction of sp³-hybridized carbons (Fsp3) is 0.533. The second-order valence-corrected chi connectivity index (χ2v) is 4.84. The van der Waals surface area contributed by atoms with Crippen LogP contribution in [0.1, 0.15) is 25.3 Å². The first-order valence-corrected chi connectivity index (χ1v) is 7.02. The molecule has 2 rings (SSSR count). The van der Waals surface area contributed by atoms with E-state index < -0.39 is 0 Å². The highest BCUT2D eigenvalue weighted by atomic mass is 16.5. The smallest absolute Gasteiger partial charge is 0.191 e. The molecule has 1 aliphatic rings. The Kier molecular flexibility index (Phi) is 5.07. The van der Waals surface area contributed by atoms with Gasteiger partial charge in [0.05, 0.1) is 6.54 Å². The Hall–Kier alpha value is -1.71. The van der Waals surface area contributed by atoms with Crippen LogP contribution in [0.25, 0.3) is 0 Å². The second-order valence-electron chi connectivity index (χ2n) is 4.84. The molecule has 1 aromatic carbocycles. The summed E-state index contributed by atoms with van der Waals surface area (Å²) in [5.74, 6) is 1.81. The summed E-state index contributed by atoms with van der Waals surface area (Å²) in [6, 6.07) is 8.71. The molecule has 0 aromatic heterocycles. The monoisotopic (exact) mass is 261 g/mol. The molecule has 0 atom stereocenters. The number of ether oxygens (including phenoxy) is 1. The van der Waals surface area contributed by atoms with Crippen molar-refractivity contribution < 1.29 is 4.74 Å². The molecule has 4 heteroatoms. The van der Waals surface area contributed by atoms with Crippen molar-refractivity contribution in [2.45, 2.75) is 32.7 Å². The number of rotatable bonds is 6. The van der Waals surface area contributed by atoms with Crippen LogP contribution in [-0.4, -0.2) is 31.7 Å². The Morgan fingerprint density at radius 1 is 1.42 bits per heavy atom. The van der Waals surface area contributed by atoms with Gasteiger partial charge in [-0.05, 0) is 44.4 Å². The maximum absolute atomic E-state index is 5.67. The van der Waals surface area contributed by atoms with Crippen molar-refractivity contribution in [3.05, 3.63) is 29.8 Å². The number of nitrogens with one attached hydrogen (secondary N) is 2.